The zero-order valence-corrected chi connectivity index (χ0v) is 20.5. The first kappa shape index (κ1) is 23.4. The molecule has 4 aromatic rings. The third kappa shape index (κ3) is 4.92. The molecule has 0 N–H and O–H groups in total. The average Bonchev–Trinajstić information content (AvgIpc) is 2.87. The lowest BCUT2D eigenvalue weighted by Crippen LogP contribution is -2.23. The number of benzene rings is 3. The van der Waals surface area contributed by atoms with Crippen LogP contribution < -0.4 is 10.3 Å². The van der Waals surface area contributed by atoms with E-state index in [2.05, 4.69) is 34.0 Å². The number of halogens is 1. The van der Waals surface area contributed by atoms with Gasteiger partial charge in [-0.1, -0.05) is 60.1 Å². The van der Waals surface area contributed by atoms with Crippen molar-refractivity contribution < 1.29 is 4.74 Å². The first-order valence-corrected chi connectivity index (χ1v) is 11.8. The molecule has 0 bridgehead atoms. The van der Waals surface area contributed by atoms with Crippen molar-refractivity contribution in [2.24, 2.45) is 5.10 Å². The quantitative estimate of drug-likeness (QED) is 0.283. The predicted octanol–water partition coefficient (Wildman–Crippen LogP) is 6.01. The van der Waals surface area contributed by atoms with E-state index in [0.29, 0.717) is 33.6 Å². The zero-order valence-electron chi connectivity index (χ0n) is 18.9. The monoisotopic (exact) mass is 514 g/mol. The van der Waals surface area contributed by atoms with Crippen molar-refractivity contribution in [1.82, 2.24) is 9.66 Å². The number of nitrogens with zero attached hydrogens (tertiary/aromatic N) is 4. The van der Waals surface area contributed by atoms with Gasteiger partial charge in [0.25, 0.3) is 5.56 Å². The first-order valence-electron chi connectivity index (χ1n) is 11.0. The smallest absolute Gasteiger partial charge is 0.282 e. The molecule has 0 radical (unpaired) electrons. The number of fused-ring (bicyclic) bond motifs is 1. The fourth-order valence-corrected chi connectivity index (χ4v) is 3.89. The van der Waals surface area contributed by atoms with E-state index in [0.717, 1.165) is 16.5 Å². The van der Waals surface area contributed by atoms with Gasteiger partial charge < -0.3 is 4.74 Å². The molecule has 0 saturated heterocycles. The number of para-hydroxylation sites is 1. The summed E-state index contributed by atoms with van der Waals surface area (Å²) in [5.74, 6) is 1.26. The third-order valence-corrected chi connectivity index (χ3v) is 6.13. The van der Waals surface area contributed by atoms with Gasteiger partial charge in [0, 0.05) is 21.5 Å². The van der Waals surface area contributed by atoms with E-state index in [1.807, 2.05) is 61.5 Å². The molecule has 3 aromatic carbocycles. The lowest BCUT2D eigenvalue weighted by molar-refractivity contribution is 0.305. The summed E-state index contributed by atoms with van der Waals surface area (Å²) in [7, 11) is 0. The van der Waals surface area contributed by atoms with Gasteiger partial charge in [-0.2, -0.15) is 15.0 Å². The van der Waals surface area contributed by atoms with Gasteiger partial charge >= 0.3 is 0 Å². The van der Waals surface area contributed by atoms with Crippen LogP contribution in [0, 0.1) is 11.3 Å². The van der Waals surface area contributed by atoms with E-state index in [1.165, 1.54) is 4.68 Å². The molecule has 0 spiro atoms. The molecule has 1 heterocycles. The highest BCUT2D eigenvalue weighted by Gasteiger charge is 2.16. The molecular weight excluding hydrogens is 492 g/mol. The maximum Gasteiger partial charge on any atom is 0.282 e. The zero-order chi connectivity index (χ0) is 24.1. The van der Waals surface area contributed by atoms with Crippen molar-refractivity contribution >= 4 is 33.0 Å². The molecule has 0 aliphatic rings. The van der Waals surface area contributed by atoms with Crippen LogP contribution in [0.2, 0.25) is 0 Å². The Labute approximate surface area is 206 Å². The molecule has 0 aliphatic heterocycles. The highest BCUT2D eigenvalue weighted by atomic mass is 79.9. The molecule has 170 valence electrons. The highest BCUT2D eigenvalue weighted by Crippen LogP contribution is 2.22. The number of rotatable bonds is 7. The summed E-state index contributed by atoms with van der Waals surface area (Å²) < 4.78 is 8.20. The van der Waals surface area contributed by atoms with Crippen LogP contribution in [0.15, 0.2) is 81.1 Å². The van der Waals surface area contributed by atoms with Crippen LogP contribution in [0.1, 0.15) is 48.7 Å². The van der Waals surface area contributed by atoms with E-state index >= 15 is 0 Å². The summed E-state index contributed by atoms with van der Waals surface area (Å²) in [5, 5.41) is 14.4. The molecule has 0 amide bonds. The second kappa shape index (κ2) is 10.4. The van der Waals surface area contributed by atoms with Gasteiger partial charge in [-0.05, 0) is 42.8 Å². The number of ether oxygens (including phenoxy) is 1. The van der Waals surface area contributed by atoms with Crippen LogP contribution in [-0.4, -0.2) is 15.9 Å². The molecule has 0 aliphatic carbocycles. The van der Waals surface area contributed by atoms with Crippen LogP contribution in [0.3, 0.4) is 0 Å². The van der Waals surface area contributed by atoms with E-state index < -0.39 is 0 Å². The molecule has 6 nitrogen and oxygen atoms in total. The van der Waals surface area contributed by atoms with E-state index in [9.17, 15) is 10.1 Å². The van der Waals surface area contributed by atoms with Gasteiger partial charge in [-0.3, -0.25) is 4.79 Å². The Balaban J connectivity index is 1.72. The van der Waals surface area contributed by atoms with Crippen LogP contribution in [0.25, 0.3) is 10.9 Å². The second-order valence-electron chi connectivity index (χ2n) is 7.90. The number of hydrogen-bond acceptors (Lipinski definition) is 5. The van der Waals surface area contributed by atoms with Gasteiger partial charge in [0.2, 0.25) is 0 Å². The van der Waals surface area contributed by atoms with E-state index in [-0.39, 0.29) is 18.1 Å². The molecule has 4 rings (SSSR count). The molecule has 34 heavy (non-hydrogen) atoms. The van der Waals surface area contributed by atoms with Gasteiger partial charge in [-0.25, -0.2) is 4.98 Å². The number of aromatic nitrogens is 2. The fraction of sp³-hybridized carbons (Fsp3) is 0.185. The second-order valence-corrected chi connectivity index (χ2v) is 8.81. The Kier molecular flexibility index (Phi) is 7.19. The Hall–Kier alpha value is -3.76. The Morgan fingerprint density at radius 2 is 1.94 bits per heavy atom. The lowest BCUT2D eigenvalue weighted by atomic mass is 10.1. The summed E-state index contributed by atoms with van der Waals surface area (Å²) in [6.07, 6.45) is 2.44. The highest BCUT2D eigenvalue weighted by molar-refractivity contribution is 9.10. The average molecular weight is 515 g/mol. The summed E-state index contributed by atoms with van der Waals surface area (Å²) >= 11 is 3.43. The topological polar surface area (TPSA) is 80.3 Å². The largest absolute Gasteiger partial charge is 0.488 e. The van der Waals surface area contributed by atoms with Crippen molar-refractivity contribution in [1.29, 1.82) is 5.26 Å². The van der Waals surface area contributed by atoms with Crippen LogP contribution >= 0.6 is 15.9 Å². The minimum Gasteiger partial charge on any atom is -0.488 e. The van der Waals surface area contributed by atoms with Gasteiger partial charge in [0.05, 0.1) is 28.8 Å². The molecule has 1 aromatic heterocycles. The Morgan fingerprint density at radius 1 is 1.18 bits per heavy atom. The third-order valence-electron chi connectivity index (χ3n) is 5.64. The summed E-state index contributed by atoms with van der Waals surface area (Å²) in [5.41, 5.74) is 2.52. The Bertz CT molecular complexity index is 1470. The maximum absolute atomic E-state index is 13.3. The molecule has 0 fully saturated rings. The fourth-order valence-electron chi connectivity index (χ4n) is 3.53. The molecule has 0 saturated carbocycles. The van der Waals surface area contributed by atoms with Crippen LogP contribution in [0.4, 0.5) is 0 Å². The van der Waals surface area contributed by atoms with Crippen molar-refractivity contribution in [2.45, 2.75) is 32.8 Å². The van der Waals surface area contributed by atoms with E-state index in [1.54, 1.807) is 18.3 Å². The molecule has 7 heteroatoms. The van der Waals surface area contributed by atoms with Crippen LogP contribution in [0.5, 0.6) is 5.75 Å². The van der Waals surface area contributed by atoms with Crippen molar-refractivity contribution in [3.8, 4) is 11.8 Å². The van der Waals surface area contributed by atoms with Gasteiger partial charge in [0.15, 0.2) is 0 Å². The molecule has 1 atom stereocenters. The predicted molar refractivity (Wildman–Crippen MR) is 137 cm³/mol. The minimum atomic E-state index is -0.223. The lowest BCUT2D eigenvalue weighted by Gasteiger charge is -2.14. The van der Waals surface area contributed by atoms with Crippen molar-refractivity contribution in [3.05, 3.63) is 104 Å². The summed E-state index contributed by atoms with van der Waals surface area (Å²) in [6.45, 7) is 4.33. The molecule has 0 unspecified atom stereocenters. The van der Waals surface area contributed by atoms with Gasteiger partial charge in [0.1, 0.15) is 18.2 Å². The standard InChI is InChI=1S/C27H23BrN4O2/c1-3-18(2)26-31-24-13-12-22(28)14-23(24)27(33)32(26)30-16-20-9-6-7-11-25(20)34-17-21-10-5-4-8-19(21)15-29/h4-14,16,18H,3,17H2,1-2H3/t18-/m0/s1. The SMILES string of the molecule is CC[C@H](C)c1nc2ccc(Br)cc2c(=O)n1N=Cc1ccccc1OCc1ccccc1C#N. The van der Waals surface area contributed by atoms with E-state index in [4.69, 9.17) is 9.72 Å². The van der Waals surface area contributed by atoms with Crippen molar-refractivity contribution in [2.75, 3.05) is 0 Å². The number of hydrogen-bond donors (Lipinski definition) is 0. The van der Waals surface area contributed by atoms with Crippen LogP contribution in [-0.2, 0) is 6.61 Å². The number of nitriles is 1. The van der Waals surface area contributed by atoms with Crippen molar-refractivity contribution in [3.63, 3.8) is 0 Å². The minimum absolute atomic E-state index is 0.0480. The summed E-state index contributed by atoms with van der Waals surface area (Å²) in [4.78, 5) is 18.1. The summed E-state index contributed by atoms with van der Waals surface area (Å²) in [6, 6.07) is 22.5. The molecular formula is C27H23BrN4O2. The van der Waals surface area contributed by atoms with Gasteiger partial charge in [-0.15, -0.1) is 0 Å². The Morgan fingerprint density at radius 3 is 2.74 bits per heavy atom. The maximum atomic E-state index is 13.3. The normalized spacial score (nSPS) is 12.1. The first-order chi connectivity index (χ1) is 16.5.